The van der Waals surface area contributed by atoms with Gasteiger partial charge in [-0.25, -0.2) is 0 Å². The third kappa shape index (κ3) is 2.13. The second-order valence-electron chi connectivity index (χ2n) is 4.44. The van der Waals surface area contributed by atoms with E-state index in [-0.39, 0.29) is 5.91 Å². The highest BCUT2D eigenvalue weighted by molar-refractivity contribution is 5.82. The number of carbonyl (C=O) groups is 1. The normalized spacial score (nSPS) is 22.7. The molecule has 2 heterocycles. The van der Waals surface area contributed by atoms with Gasteiger partial charge in [-0.05, 0) is 12.1 Å². The van der Waals surface area contributed by atoms with Crippen LogP contribution in [0.5, 0.6) is 11.5 Å². The number of ether oxygens (including phenoxy) is 2. The van der Waals surface area contributed by atoms with Crippen molar-refractivity contribution in [3.8, 4) is 11.5 Å². The van der Waals surface area contributed by atoms with Crippen molar-refractivity contribution >= 4 is 5.91 Å². The van der Waals surface area contributed by atoms with E-state index in [4.69, 9.17) is 9.47 Å². The molecule has 96 valence electrons. The fourth-order valence-electron chi connectivity index (χ4n) is 2.23. The smallest absolute Gasteiger partial charge is 0.267 e. The van der Waals surface area contributed by atoms with Crippen LogP contribution < -0.4 is 14.8 Å². The third-order valence-electron chi connectivity index (χ3n) is 3.21. The van der Waals surface area contributed by atoms with Crippen LogP contribution in [0.15, 0.2) is 24.3 Å². The Kier molecular flexibility index (Phi) is 3.06. The predicted molar refractivity (Wildman–Crippen MR) is 65.8 cm³/mol. The fraction of sp³-hybridized carbons (Fsp3) is 0.462. The molecule has 0 bridgehead atoms. The van der Waals surface area contributed by atoms with Gasteiger partial charge in [-0.15, -0.1) is 0 Å². The minimum Gasteiger partial charge on any atom is -0.485 e. The summed E-state index contributed by atoms with van der Waals surface area (Å²) >= 11 is 0. The van der Waals surface area contributed by atoms with Crippen LogP contribution in [0.4, 0.5) is 0 Å². The largest absolute Gasteiger partial charge is 0.485 e. The van der Waals surface area contributed by atoms with E-state index < -0.39 is 6.10 Å². The van der Waals surface area contributed by atoms with Crippen molar-refractivity contribution in [3.05, 3.63) is 24.3 Å². The minimum absolute atomic E-state index is 0.0194. The standard InChI is InChI=1S/C13H16N2O3/c16-13(15-7-5-14-6-8-15)12-9-17-10-3-1-2-4-11(10)18-12/h1-4,12,14H,5-9H2/t12-/m1/s1. The van der Waals surface area contributed by atoms with Crippen molar-refractivity contribution < 1.29 is 14.3 Å². The number of carbonyl (C=O) groups excluding carboxylic acids is 1. The molecule has 2 aliphatic heterocycles. The van der Waals surface area contributed by atoms with Gasteiger partial charge in [-0.1, -0.05) is 12.1 Å². The first-order chi connectivity index (χ1) is 8.84. The molecule has 1 amide bonds. The van der Waals surface area contributed by atoms with Crippen LogP contribution in [0.25, 0.3) is 0 Å². The number of amides is 1. The second-order valence-corrected chi connectivity index (χ2v) is 4.44. The van der Waals surface area contributed by atoms with Crippen molar-refractivity contribution in [1.82, 2.24) is 10.2 Å². The van der Waals surface area contributed by atoms with Crippen LogP contribution in [0, 0.1) is 0 Å². The Labute approximate surface area is 106 Å². The van der Waals surface area contributed by atoms with Gasteiger partial charge in [0.1, 0.15) is 6.61 Å². The molecular formula is C13H16N2O3. The molecule has 0 aliphatic carbocycles. The lowest BCUT2D eigenvalue weighted by atomic mass is 10.2. The number of piperazine rings is 1. The molecule has 1 N–H and O–H groups in total. The summed E-state index contributed by atoms with van der Waals surface area (Å²) in [7, 11) is 0. The van der Waals surface area contributed by atoms with Crippen molar-refractivity contribution in [1.29, 1.82) is 0 Å². The highest BCUT2D eigenvalue weighted by Gasteiger charge is 2.31. The van der Waals surface area contributed by atoms with Crippen LogP contribution in [-0.4, -0.2) is 49.7 Å². The first-order valence-electron chi connectivity index (χ1n) is 6.22. The average molecular weight is 248 g/mol. The second kappa shape index (κ2) is 4.86. The van der Waals surface area contributed by atoms with Crippen LogP contribution in [0.3, 0.4) is 0 Å². The SMILES string of the molecule is O=C([C@H]1COc2ccccc2O1)N1CCNCC1. The highest BCUT2D eigenvalue weighted by atomic mass is 16.6. The van der Waals surface area contributed by atoms with Gasteiger partial charge in [-0.3, -0.25) is 4.79 Å². The Hall–Kier alpha value is -1.75. The molecule has 1 atom stereocenters. The van der Waals surface area contributed by atoms with Gasteiger partial charge >= 0.3 is 0 Å². The predicted octanol–water partition coefficient (Wildman–Crippen LogP) is 0.258. The molecule has 0 saturated carbocycles. The quantitative estimate of drug-likeness (QED) is 0.774. The monoisotopic (exact) mass is 248 g/mol. The Balaban J connectivity index is 1.69. The number of nitrogens with zero attached hydrogens (tertiary/aromatic N) is 1. The molecule has 18 heavy (non-hydrogen) atoms. The molecule has 0 unspecified atom stereocenters. The van der Waals surface area contributed by atoms with E-state index in [1.54, 1.807) is 0 Å². The fourth-order valence-corrected chi connectivity index (χ4v) is 2.23. The summed E-state index contributed by atoms with van der Waals surface area (Å²) in [6.45, 7) is 3.45. The lowest BCUT2D eigenvalue weighted by Gasteiger charge is -2.32. The molecule has 1 aromatic carbocycles. The van der Waals surface area contributed by atoms with E-state index in [9.17, 15) is 4.79 Å². The van der Waals surface area contributed by atoms with Crippen molar-refractivity contribution in [2.75, 3.05) is 32.8 Å². The molecule has 1 aromatic rings. The number of rotatable bonds is 1. The van der Waals surface area contributed by atoms with Gasteiger partial charge in [0.05, 0.1) is 0 Å². The number of benzene rings is 1. The number of hydrogen-bond acceptors (Lipinski definition) is 4. The summed E-state index contributed by atoms with van der Waals surface area (Å²) in [5.74, 6) is 1.38. The zero-order valence-electron chi connectivity index (χ0n) is 10.1. The van der Waals surface area contributed by atoms with Crippen molar-refractivity contribution in [2.45, 2.75) is 6.10 Å². The van der Waals surface area contributed by atoms with Crippen LogP contribution >= 0.6 is 0 Å². The van der Waals surface area contributed by atoms with Crippen LogP contribution in [0.2, 0.25) is 0 Å². The Morgan fingerprint density at radius 3 is 2.72 bits per heavy atom. The van der Waals surface area contributed by atoms with E-state index in [1.165, 1.54) is 0 Å². The Morgan fingerprint density at radius 2 is 1.94 bits per heavy atom. The maximum absolute atomic E-state index is 12.3. The summed E-state index contributed by atoms with van der Waals surface area (Å²) in [5.41, 5.74) is 0. The van der Waals surface area contributed by atoms with Crippen LogP contribution in [0.1, 0.15) is 0 Å². The molecule has 5 heteroatoms. The molecule has 0 radical (unpaired) electrons. The topological polar surface area (TPSA) is 50.8 Å². The van der Waals surface area contributed by atoms with Gasteiger partial charge in [0.25, 0.3) is 5.91 Å². The number of para-hydroxylation sites is 2. The molecule has 5 nitrogen and oxygen atoms in total. The van der Waals surface area contributed by atoms with Crippen molar-refractivity contribution in [3.63, 3.8) is 0 Å². The molecular weight excluding hydrogens is 232 g/mol. The highest BCUT2D eigenvalue weighted by Crippen LogP contribution is 2.31. The summed E-state index contributed by atoms with van der Waals surface area (Å²) in [6.07, 6.45) is -0.516. The van der Waals surface area contributed by atoms with Crippen molar-refractivity contribution in [2.24, 2.45) is 0 Å². The van der Waals surface area contributed by atoms with E-state index in [0.29, 0.717) is 18.1 Å². The minimum atomic E-state index is -0.516. The molecule has 1 saturated heterocycles. The maximum atomic E-state index is 12.3. The maximum Gasteiger partial charge on any atom is 0.267 e. The summed E-state index contributed by atoms with van der Waals surface area (Å²) in [4.78, 5) is 14.1. The first-order valence-corrected chi connectivity index (χ1v) is 6.22. The van der Waals surface area contributed by atoms with E-state index in [2.05, 4.69) is 5.32 Å². The molecule has 2 aliphatic rings. The van der Waals surface area contributed by atoms with Gasteiger partial charge < -0.3 is 19.7 Å². The lowest BCUT2D eigenvalue weighted by molar-refractivity contribution is -0.141. The number of nitrogens with one attached hydrogen (secondary N) is 1. The Bertz CT molecular complexity index is 444. The molecule has 3 rings (SSSR count). The van der Waals surface area contributed by atoms with Crippen LogP contribution in [-0.2, 0) is 4.79 Å². The summed E-state index contributed by atoms with van der Waals surface area (Å²) in [6, 6.07) is 7.44. The zero-order chi connectivity index (χ0) is 12.4. The van der Waals surface area contributed by atoms with E-state index in [0.717, 1.165) is 26.2 Å². The third-order valence-corrected chi connectivity index (χ3v) is 3.21. The molecule has 1 fully saturated rings. The number of hydrogen-bond donors (Lipinski definition) is 1. The van der Waals surface area contributed by atoms with E-state index in [1.807, 2.05) is 29.2 Å². The molecule has 0 spiro atoms. The zero-order valence-corrected chi connectivity index (χ0v) is 10.1. The first kappa shape index (κ1) is 11.3. The Morgan fingerprint density at radius 1 is 1.22 bits per heavy atom. The molecule has 0 aromatic heterocycles. The van der Waals surface area contributed by atoms with E-state index >= 15 is 0 Å². The average Bonchev–Trinajstić information content (AvgIpc) is 2.47. The summed E-state index contributed by atoms with van der Waals surface area (Å²) < 4.78 is 11.3. The van der Waals surface area contributed by atoms with Gasteiger partial charge in [-0.2, -0.15) is 0 Å². The van der Waals surface area contributed by atoms with Gasteiger partial charge in [0.2, 0.25) is 6.10 Å². The number of fused-ring (bicyclic) bond motifs is 1. The summed E-state index contributed by atoms with van der Waals surface area (Å²) in [5, 5.41) is 3.22. The van der Waals surface area contributed by atoms with Gasteiger partial charge in [0.15, 0.2) is 11.5 Å². The lowest BCUT2D eigenvalue weighted by Crippen LogP contribution is -2.52. The van der Waals surface area contributed by atoms with Gasteiger partial charge in [0, 0.05) is 26.2 Å².